The number of carbonyl (C=O) groups is 1. The Morgan fingerprint density at radius 3 is 2.51 bits per heavy atom. The maximum atomic E-state index is 13.3. The van der Waals surface area contributed by atoms with Crippen molar-refractivity contribution in [3.63, 3.8) is 0 Å². The molecule has 2 fully saturated rings. The van der Waals surface area contributed by atoms with Crippen molar-refractivity contribution < 1.29 is 13.6 Å². The summed E-state index contributed by atoms with van der Waals surface area (Å²) in [7, 11) is 2.00. The molecular weight excluding hydrogens is 474 g/mol. The maximum absolute atomic E-state index is 13.3. The molecule has 2 aliphatic heterocycles. The number of carbonyl (C=O) groups excluding carboxylic acids is 1. The second-order valence-corrected chi connectivity index (χ2v) is 10.7. The van der Waals surface area contributed by atoms with Gasteiger partial charge in [0.05, 0.1) is 18.4 Å². The molecule has 0 radical (unpaired) electrons. The number of aromatic nitrogens is 3. The number of hydrogen-bond acceptors (Lipinski definition) is 5. The number of fused-ring (bicyclic) bond motifs is 1. The van der Waals surface area contributed by atoms with E-state index in [0.29, 0.717) is 31.7 Å². The van der Waals surface area contributed by atoms with Gasteiger partial charge in [0, 0.05) is 43.6 Å². The number of piperidine rings is 2. The van der Waals surface area contributed by atoms with Gasteiger partial charge in [0.2, 0.25) is 5.91 Å². The summed E-state index contributed by atoms with van der Waals surface area (Å²) in [5, 5.41) is 9.50. The molecule has 198 valence electrons. The first-order valence-electron chi connectivity index (χ1n) is 13.3. The van der Waals surface area contributed by atoms with Crippen LogP contribution in [0.5, 0.6) is 0 Å². The molecule has 0 spiro atoms. The van der Waals surface area contributed by atoms with E-state index in [1.807, 2.05) is 24.0 Å². The van der Waals surface area contributed by atoms with Crippen LogP contribution in [0, 0.1) is 5.92 Å². The number of nitrogens with zero attached hydrogens (tertiary/aromatic N) is 5. The summed E-state index contributed by atoms with van der Waals surface area (Å²) in [6.45, 7) is 4.82. The minimum absolute atomic E-state index is 0.0954. The number of hydrogen-bond donors (Lipinski definition) is 1. The van der Waals surface area contributed by atoms with Crippen LogP contribution in [0.4, 0.5) is 14.6 Å². The van der Waals surface area contributed by atoms with Gasteiger partial charge in [-0.1, -0.05) is 18.6 Å². The summed E-state index contributed by atoms with van der Waals surface area (Å²) in [4.78, 5) is 21.6. The Morgan fingerprint density at radius 1 is 1.03 bits per heavy atom. The predicted octanol–water partition coefficient (Wildman–Crippen LogP) is 4.93. The van der Waals surface area contributed by atoms with Gasteiger partial charge in [0.1, 0.15) is 5.82 Å². The van der Waals surface area contributed by atoms with Gasteiger partial charge < -0.3 is 5.32 Å². The number of rotatable bonds is 7. The molecule has 7 nitrogen and oxygen atoms in total. The summed E-state index contributed by atoms with van der Waals surface area (Å²) < 4.78 is 28.6. The van der Waals surface area contributed by atoms with Crippen molar-refractivity contribution in [2.75, 3.05) is 38.0 Å². The standard InChI is InChI=1S/C28H36F2N6O/c1-28(29,30)19-36-12-8-20(9-13-36)27(37)33-26-15-23-14-21(6-7-22(23)16-31-26)24-17-32-34(2)25(24)18-35-10-4-3-5-11-35/h6-7,14-17,20H,3-5,8-13,18-19H2,1-2H3,(H,31,33,37). The monoisotopic (exact) mass is 510 g/mol. The van der Waals surface area contributed by atoms with E-state index in [-0.39, 0.29) is 18.4 Å². The molecular formula is C28H36F2N6O. The van der Waals surface area contributed by atoms with E-state index in [1.165, 1.54) is 25.0 Å². The lowest BCUT2D eigenvalue weighted by atomic mass is 9.95. The predicted molar refractivity (Wildman–Crippen MR) is 141 cm³/mol. The zero-order chi connectivity index (χ0) is 26.0. The Kier molecular flexibility index (Phi) is 7.53. The smallest absolute Gasteiger partial charge is 0.257 e. The number of pyridine rings is 1. The largest absolute Gasteiger partial charge is 0.310 e. The van der Waals surface area contributed by atoms with Crippen molar-refractivity contribution in [1.82, 2.24) is 24.6 Å². The van der Waals surface area contributed by atoms with Crippen molar-refractivity contribution in [3.8, 4) is 11.1 Å². The van der Waals surface area contributed by atoms with Crippen molar-refractivity contribution in [1.29, 1.82) is 0 Å². The normalized spacial score (nSPS) is 18.4. The average Bonchev–Trinajstić information content (AvgIpc) is 3.23. The SMILES string of the molecule is Cn1ncc(-c2ccc3cnc(NC(=O)C4CCN(CC(C)(F)F)CC4)cc3c2)c1CN1CCCCC1. The minimum Gasteiger partial charge on any atom is -0.310 e. The first-order chi connectivity index (χ1) is 17.7. The number of nitrogens with one attached hydrogen (secondary N) is 1. The highest BCUT2D eigenvalue weighted by atomic mass is 19.3. The molecule has 9 heteroatoms. The Balaban J connectivity index is 1.28. The van der Waals surface area contributed by atoms with E-state index in [9.17, 15) is 13.6 Å². The van der Waals surface area contributed by atoms with Gasteiger partial charge in [0.25, 0.3) is 5.92 Å². The fraction of sp³-hybridized carbons (Fsp3) is 0.536. The highest BCUT2D eigenvalue weighted by molar-refractivity contribution is 5.95. The van der Waals surface area contributed by atoms with Crippen molar-refractivity contribution in [2.24, 2.45) is 13.0 Å². The maximum Gasteiger partial charge on any atom is 0.257 e. The van der Waals surface area contributed by atoms with Gasteiger partial charge in [0.15, 0.2) is 0 Å². The molecule has 0 atom stereocenters. The summed E-state index contributed by atoms with van der Waals surface area (Å²) in [6, 6.07) is 8.20. The fourth-order valence-electron chi connectivity index (χ4n) is 5.57. The number of likely N-dealkylation sites (tertiary alicyclic amines) is 2. The number of aryl methyl sites for hydroxylation is 1. The van der Waals surface area contributed by atoms with Crippen LogP contribution in [0.2, 0.25) is 0 Å². The minimum atomic E-state index is -2.72. The average molecular weight is 511 g/mol. The van der Waals surface area contributed by atoms with E-state index in [1.54, 1.807) is 11.1 Å². The molecule has 2 aliphatic rings. The molecule has 37 heavy (non-hydrogen) atoms. The van der Waals surface area contributed by atoms with E-state index >= 15 is 0 Å². The van der Waals surface area contributed by atoms with E-state index in [4.69, 9.17) is 0 Å². The van der Waals surface area contributed by atoms with Crippen molar-refractivity contribution in [2.45, 2.75) is 51.5 Å². The number of amides is 1. The Labute approximate surface area is 216 Å². The summed E-state index contributed by atoms with van der Waals surface area (Å²) in [6.07, 6.45) is 8.66. The number of halogens is 2. The van der Waals surface area contributed by atoms with Gasteiger partial charge in [-0.25, -0.2) is 13.8 Å². The molecule has 0 aliphatic carbocycles. The molecule has 2 saturated heterocycles. The molecule has 0 saturated carbocycles. The van der Waals surface area contributed by atoms with Gasteiger partial charge in [-0.3, -0.25) is 19.3 Å². The van der Waals surface area contributed by atoms with Crippen LogP contribution in [0.1, 0.15) is 44.7 Å². The lowest BCUT2D eigenvalue weighted by molar-refractivity contribution is -0.121. The molecule has 2 aromatic heterocycles. The number of benzene rings is 1. The van der Waals surface area contributed by atoms with Gasteiger partial charge in [-0.15, -0.1) is 0 Å². The third-order valence-corrected chi connectivity index (χ3v) is 7.63. The van der Waals surface area contributed by atoms with Gasteiger partial charge in [-0.05, 0) is 74.9 Å². The molecule has 1 N–H and O–H groups in total. The van der Waals surface area contributed by atoms with Crippen LogP contribution in [0.3, 0.4) is 0 Å². The van der Waals surface area contributed by atoms with Gasteiger partial charge in [-0.2, -0.15) is 5.10 Å². The van der Waals surface area contributed by atoms with Crippen LogP contribution in [-0.4, -0.2) is 69.1 Å². The quantitative estimate of drug-likeness (QED) is 0.489. The van der Waals surface area contributed by atoms with Crippen LogP contribution in [0.25, 0.3) is 21.9 Å². The summed E-state index contributed by atoms with van der Waals surface area (Å²) in [5.41, 5.74) is 3.42. The topological polar surface area (TPSA) is 66.3 Å². The molecule has 0 bridgehead atoms. The second kappa shape index (κ2) is 10.8. The first kappa shape index (κ1) is 25.7. The zero-order valence-electron chi connectivity index (χ0n) is 21.7. The van der Waals surface area contributed by atoms with Crippen LogP contribution < -0.4 is 5.32 Å². The molecule has 1 aromatic carbocycles. The molecule has 5 rings (SSSR count). The molecule has 4 heterocycles. The van der Waals surface area contributed by atoms with Crippen LogP contribution in [0.15, 0.2) is 36.7 Å². The summed E-state index contributed by atoms with van der Waals surface area (Å²) >= 11 is 0. The molecule has 1 amide bonds. The number of alkyl halides is 2. The Morgan fingerprint density at radius 2 is 1.78 bits per heavy atom. The number of anilines is 1. The lowest BCUT2D eigenvalue weighted by Crippen LogP contribution is -2.42. The third-order valence-electron chi connectivity index (χ3n) is 7.63. The Bertz CT molecular complexity index is 1240. The first-order valence-corrected chi connectivity index (χ1v) is 13.3. The van der Waals surface area contributed by atoms with E-state index in [0.717, 1.165) is 48.5 Å². The third kappa shape index (κ3) is 6.33. The fourth-order valence-corrected chi connectivity index (χ4v) is 5.57. The zero-order valence-corrected chi connectivity index (χ0v) is 21.7. The Hall–Kier alpha value is -2.91. The lowest BCUT2D eigenvalue weighted by Gasteiger charge is -2.32. The molecule has 0 unspecified atom stereocenters. The van der Waals surface area contributed by atoms with Gasteiger partial charge >= 0.3 is 0 Å². The molecule has 3 aromatic rings. The van der Waals surface area contributed by atoms with Crippen molar-refractivity contribution >= 4 is 22.5 Å². The summed E-state index contributed by atoms with van der Waals surface area (Å²) in [5.74, 6) is -2.50. The second-order valence-electron chi connectivity index (χ2n) is 10.7. The van der Waals surface area contributed by atoms with Crippen molar-refractivity contribution in [3.05, 3.63) is 42.4 Å². The highest BCUT2D eigenvalue weighted by Gasteiger charge is 2.30. The highest BCUT2D eigenvalue weighted by Crippen LogP contribution is 2.30. The van der Waals surface area contributed by atoms with Crippen LogP contribution in [-0.2, 0) is 18.4 Å². The van der Waals surface area contributed by atoms with E-state index in [2.05, 4.69) is 38.5 Å². The van der Waals surface area contributed by atoms with Crippen LogP contribution >= 0.6 is 0 Å². The van der Waals surface area contributed by atoms with E-state index < -0.39 is 5.92 Å².